The molecule has 12 heavy (non-hydrogen) atoms. The molecule has 0 unspecified atom stereocenters. The molecule has 0 aromatic rings. The molecule has 0 spiro atoms. The number of nitrogens with two attached hydrogens (primary N) is 1. The Labute approximate surface area is 76.3 Å². The van der Waals surface area contributed by atoms with Crippen molar-refractivity contribution in [3.8, 4) is 0 Å². The van der Waals surface area contributed by atoms with Crippen molar-refractivity contribution >= 4 is 17.7 Å². The quantitative estimate of drug-likeness (QED) is 0.702. The average molecular weight is 184 g/mol. The van der Waals surface area contributed by atoms with Crippen molar-refractivity contribution in [3.05, 3.63) is 23.2 Å². The van der Waals surface area contributed by atoms with Gasteiger partial charge in [0.2, 0.25) is 5.91 Å². The molecule has 0 atom stereocenters. The Morgan fingerprint density at radius 3 is 2.33 bits per heavy atom. The van der Waals surface area contributed by atoms with Gasteiger partial charge in [0.25, 0.3) is 0 Å². The summed E-state index contributed by atoms with van der Waals surface area (Å²) in [4.78, 5) is 12.8. The summed E-state index contributed by atoms with van der Waals surface area (Å²) in [6, 6.07) is 0. The van der Waals surface area contributed by atoms with E-state index < -0.39 is 5.54 Å². The lowest BCUT2D eigenvalue weighted by atomic mass is 10.0. The fourth-order valence-corrected chi connectivity index (χ4v) is 1.29. The van der Waals surface area contributed by atoms with Crippen LogP contribution in [0, 0.1) is 0 Å². The van der Waals surface area contributed by atoms with Gasteiger partial charge in [0.15, 0.2) is 0 Å². The number of primary amides is 1. The van der Waals surface area contributed by atoms with Crippen LogP contribution < -0.4 is 5.73 Å². The van der Waals surface area contributed by atoms with E-state index in [-0.39, 0.29) is 5.91 Å². The molecular formula is C8H12N2OS. The highest BCUT2D eigenvalue weighted by Crippen LogP contribution is 2.21. The molecule has 0 aromatic heterocycles. The molecule has 0 bridgehead atoms. The largest absolute Gasteiger partial charge is 0.368 e. The Kier molecular flexibility index (Phi) is 2.47. The highest BCUT2D eigenvalue weighted by Gasteiger charge is 2.29. The van der Waals surface area contributed by atoms with Gasteiger partial charge in [-0.25, -0.2) is 0 Å². The highest BCUT2D eigenvalue weighted by atomic mass is 32.2. The van der Waals surface area contributed by atoms with Gasteiger partial charge in [-0.15, -0.1) is 11.8 Å². The summed E-state index contributed by atoms with van der Waals surface area (Å²) in [7, 11) is 0. The van der Waals surface area contributed by atoms with E-state index >= 15 is 0 Å². The summed E-state index contributed by atoms with van der Waals surface area (Å²) in [5.41, 5.74) is 4.60. The van der Waals surface area contributed by atoms with Crippen LogP contribution in [0.1, 0.15) is 13.8 Å². The molecule has 0 fully saturated rings. The number of hydrogen-bond donors (Lipinski definition) is 1. The Balaban J connectivity index is 2.80. The van der Waals surface area contributed by atoms with Gasteiger partial charge in [-0.3, -0.25) is 4.79 Å². The van der Waals surface area contributed by atoms with Crippen LogP contribution in [-0.4, -0.2) is 16.3 Å². The van der Waals surface area contributed by atoms with Gasteiger partial charge in [0.1, 0.15) is 5.54 Å². The first-order valence-corrected chi connectivity index (χ1v) is 4.56. The number of thioether (sulfide) groups is 1. The van der Waals surface area contributed by atoms with Crippen molar-refractivity contribution in [2.75, 3.05) is 0 Å². The molecule has 1 heterocycles. The van der Waals surface area contributed by atoms with Crippen molar-refractivity contribution in [2.45, 2.75) is 19.4 Å². The van der Waals surface area contributed by atoms with Gasteiger partial charge in [0.05, 0.1) is 0 Å². The Morgan fingerprint density at radius 1 is 1.42 bits per heavy atom. The molecule has 3 nitrogen and oxygen atoms in total. The zero-order valence-electron chi connectivity index (χ0n) is 7.15. The van der Waals surface area contributed by atoms with E-state index in [2.05, 4.69) is 0 Å². The van der Waals surface area contributed by atoms with E-state index in [9.17, 15) is 4.79 Å². The number of amides is 1. The molecule has 0 radical (unpaired) electrons. The fraction of sp³-hybridized carbons (Fsp3) is 0.375. The maximum absolute atomic E-state index is 11.0. The highest BCUT2D eigenvalue weighted by molar-refractivity contribution is 8.04. The number of hydrogen-bond acceptors (Lipinski definition) is 3. The summed E-state index contributed by atoms with van der Waals surface area (Å²) < 4.78 is 0. The van der Waals surface area contributed by atoms with Gasteiger partial charge in [-0.2, -0.15) is 0 Å². The molecule has 66 valence electrons. The Bertz CT molecular complexity index is 233. The zero-order valence-corrected chi connectivity index (χ0v) is 7.97. The molecule has 1 aliphatic rings. The molecule has 4 heteroatoms. The predicted molar refractivity (Wildman–Crippen MR) is 51.0 cm³/mol. The Hall–Kier alpha value is -0.900. The van der Waals surface area contributed by atoms with Crippen LogP contribution in [0.4, 0.5) is 0 Å². The fourth-order valence-electron chi connectivity index (χ4n) is 0.796. The maximum Gasteiger partial charge on any atom is 0.243 e. The molecular weight excluding hydrogens is 172 g/mol. The van der Waals surface area contributed by atoms with Crippen LogP contribution in [0.3, 0.4) is 0 Å². The van der Waals surface area contributed by atoms with E-state index in [0.717, 1.165) is 0 Å². The molecule has 0 saturated heterocycles. The van der Waals surface area contributed by atoms with Crippen molar-refractivity contribution in [2.24, 2.45) is 5.73 Å². The number of nitrogens with zero attached hydrogens (tertiary/aromatic N) is 1. The predicted octanol–water partition coefficient (Wildman–Crippen LogP) is 1.24. The minimum absolute atomic E-state index is 0.330. The standard InChI is InChI=1S/C8H12N2OS/c1-8(2,7(9)11)10-3-5-12-6-4-10/h3-6H,1-2H3,(H2,9,11). The van der Waals surface area contributed by atoms with Crippen molar-refractivity contribution in [3.63, 3.8) is 0 Å². The molecule has 1 rings (SSSR count). The second-order valence-electron chi connectivity index (χ2n) is 3.04. The van der Waals surface area contributed by atoms with E-state index in [1.165, 1.54) is 0 Å². The third-order valence-electron chi connectivity index (χ3n) is 1.85. The van der Waals surface area contributed by atoms with Crippen LogP contribution in [0.15, 0.2) is 23.2 Å². The molecule has 2 N–H and O–H groups in total. The van der Waals surface area contributed by atoms with E-state index in [4.69, 9.17) is 5.73 Å². The molecule has 1 aliphatic heterocycles. The van der Waals surface area contributed by atoms with Crippen LogP contribution in [0.25, 0.3) is 0 Å². The average Bonchev–Trinajstić information content (AvgIpc) is 2.06. The van der Waals surface area contributed by atoms with E-state index in [1.807, 2.05) is 23.2 Å². The monoisotopic (exact) mass is 184 g/mol. The lowest BCUT2D eigenvalue weighted by Gasteiger charge is -2.33. The van der Waals surface area contributed by atoms with E-state index in [0.29, 0.717) is 0 Å². The number of carbonyl (C=O) groups excluding carboxylic acids is 1. The number of rotatable bonds is 2. The third-order valence-corrected chi connectivity index (χ3v) is 2.41. The van der Waals surface area contributed by atoms with Gasteiger partial charge in [0, 0.05) is 12.4 Å². The summed E-state index contributed by atoms with van der Waals surface area (Å²) in [5.74, 6) is -0.330. The topological polar surface area (TPSA) is 46.3 Å². The molecule has 0 saturated carbocycles. The van der Waals surface area contributed by atoms with Crippen LogP contribution >= 0.6 is 11.8 Å². The molecule has 0 aromatic carbocycles. The third kappa shape index (κ3) is 1.64. The lowest BCUT2D eigenvalue weighted by Crippen LogP contribution is -2.48. The first-order valence-electron chi connectivity index (χ1n) is 3.62. The molecule has 1 amide bonds. The Morgan fingerprint density at radius 2 is 1.92 bits per heavy atom. The minimum Gasteiger partial charge on any atom is -0.368 e. The number of carbonyl (C=O) groups is 1. The van der Waals surface area contributed by atoms with Crippen molar-refractivity contribution < 1.29 is 4.79 Å². The first-order chi connectivity index (χ1) is 5.55. The minimum atomic E-state index is -0.645. The summed E-state index contributed by atoms with van der Waals surface area (Å²) >= 11 is 1.57. The van der Waals surface area contributed by atoms with Crippen LogP contribution in [0.5, 0.6) is 0 Å². The van der Waals surface area contributed by atoms with Gasteiger partial charge >= 0.3 is 0 Å². The smallest absolute Gasteiger partial charge is 0.243 e. The SMILES string of the molecule is CC(C)(C(N)=O)N1C=CSC=C1. The lowest BCUT2D eigenvalue weighted by molar-refractivity contribution is -0.125. The van der Waals surface area contributed by atoms with Crippen molar-refractivity contribution in [1.29, 1.82) is 0 Å². The van der Waals surface area contributed by atoms with Gasteiger partial charge in [-0.1, -0.05) is 0 Å². The molecule has 0 aliphatic carbocycles. The summed E-state index contributed by atoms with van der Waals surface area (Å²) in [5, 5.41) is 3.81. The van der Waals surface area contributed by atoms with Crippen LogP contribution in [-0.2, 0) is 4.79 Å². The summed E-state index contributed by atoms with van der Waals surface area (Å²) in [6.07, 6.45) is 3.69. The van der Waals surface area contributed by atoms with Gasteiger partial charge < -0.3 is 10.6 Å². The maximum atomic E-state index is 11.0. The van der Waals surface area contributed by atoms with E-state index in [1.54, 1.807) is 30.5 Å². The second-order valence-corrected chi connectivity index (χ2v) is 3.85. The second kappa shape index (κ2) is 3.23. The zero-order chi connectivity index (χ0) is 9.19. The van der Waals surface area contributed by atoms with Gasteiger partial charge in [-0.05, 0) is 24.7 Å². The van der Waals surface area contributed by atoms with Crippen molar-refractivity contribution in [1.82, 2.24) is 4.90 Å². The normalized spacial score (nSPS) is 16.7. The van der Waals surface area contributed by atoms with Crippen LogP contribution in [0.2, 0.25) is 0 Å². The first kappa shape index (κ1) is 9.19. The summed E-state index contributed by atoms with van der Waals surface area (Å²) in [6.45, 7) is 3.58.